The van der Waals surface area contributed by atoms with Crippen LogP contribution in [0.2, 0.25) is 5.02 Å². The molecular weight excluding hydrogens is 496 g/mol. The lowest BCUT2D eigenvalue weighted by atomic mass is 9.94. The van der Waals surface area contributed by atoms with Gasteiger partial charge in [0.15, 0.2) is 0 Å². The maximum atomic E-state index is 13.4. The van der Waals surface area contributed by atoms with E-state index in [1.807, 2.05) is 31.1 Å². The number of carboxylic acids is 1. The lowest BCUT2D eigenvalue weighted by molar-refractivity contribution is -0.136. The molecule has 1 unspecified atom stereocenters. The van der Waals surface area contributed by atoms with Crippen molar-refractivity contribution in [1.82, 2.24) is 0 Å². The molecule has 1 heterocycles. The van der Waals surface area contributed by atoms with Crippen LogP contribution in [0.4, 0.5) is 11.4 Å². The number of amides is 1. The van der Waals surface area contributed by atoms with Crippen molar-refractivity contribution in [3.63, 3.8) is 0 Å². The maximum Gasteiger partial charge on any atom is 0.307 e. The van der Waals surface area contributed by atoms with Crippen LogP contribution in [0.25, 0.3) is 5.76 Å². The fourth-order valence-electron chi connectivity index (χ4n) is 4.33. The Morgan fingerprint density at radius 1 is 1.00 bits per heavy atom. The highest BCUT2D eigenvalue weighted by Crippen LogP contribution is 2.44. The lowest BCUT2D eigenvalue weighted by Gasteiger charge is -2.26. The predicted molar refractivity (Wildman–Crippen MR) is 141 cm³/mol. The molecule has 0 radical (unpaired) electrons. The van der Waals surface area contributed by atoms with Crippen LogP contribution in [-0.2, 0) is 20.8 Å². The molecule has 37 heavy (non-hydrogen) atoms. The number of aliphatic carboxylic acids is 1. The molecule has 3 aromatic rings. The van der Waals surface area contributed by atoms with Crippen LogP contribution in [-0.4, -0.2) is 49.1 Å². The fraction of sp³-hybridized carbons (Fsp3) is 0.179. The predicted octanol–water partition coefficient (Wildman–Crippen LogP) is 4.67. The Balaban J connectivity index is 1.92. The number of carboxylic acid groups (broad SMARTS) is 1. The highest BCUT2D eigenvalue weighted by Gasteiger charge is 2.47. The van der Waals surface area contributed by atoms with Gasteiger partial charge in [0.2, 0.25) is 0 Å². The number of aliphatic hydroxyl groups is 1. The van der Waals surface area contributed by atoms with Crippen LogP contribution in [0.3, 0.4) is 0 Å². The smallest absolute Gasteiger partial charge is 0.307 e. The molecule has 0 spiro atoms. The highest BCUT2D eigenvalue weighted by atomic mass is 35.5. The van der Waals surface area contributed by atoms with E-state index in [2.05, 4.69) is 0 Å². The molecule has 1 aliphatic rings. The average Bonchev–Trinajstić information content (AvgIpc) is 3.14. The average molecular weight is 521 g/mol. The van der Waals surface area contributed by atoms with Gasteiger partial charge in [0.25, 0.3) is 11.7 Å². The molecular formula is C28H25ClN2O6. The summed E-state index contributed by atoms with van der Waals surface area (Å²) >= 11 is 6.17. The molecule has 1 fully saturated rings. The SMILES string of the molecule is COc1ccc(Cl)cc1/C(O)=C1\C(=O)C(=O)N(c2ccc(CC(=O)O)cc2)C1c1ccc(N(C)C)cc1. The van der Waals surface area contributed by atoms with Crippen molar-refractivity contribution < 1.29 is 29.3 Å². The number of carbonyl (C=O) groups is 3. The Hall–Kier alpha value is -4.30. The molecule has 9 heteroatoms. The molecule has 0 saturated carbocycles. The van der Waals surface area contributed by atoms with Crippen LogP contribution < -0.4 is 14.5 Å². The Morgan fingerprint density at radius 3 is 2.22 bits per heavy atom. The molecule has 2 N–H and O–H groups in total. The van der Waals surface area contributed by atoms with Gasteiger partial charge >= 0.3 is 5.97 Å². The third-order valence-corrected chi connectivity index (χ3v) is 6.39. The van der Waals surface area contributed by atoms with Crippen LogP contribution >= 0.6 is 11.6 Å². The van der Waals surface area contributed by atoms with Crippen molar-refractivity contribution in [3.05, 3.63) is 94.0 Å². The van der Waals surface area contributed by atoms with E-state index in [0.717, 1.165) is 5.69 Å². The molecule has 1 amide bonds. The second kappa shape index (κ2) is 10.4. The maximum absolute atomic E-state index is 13.4. The first-order valence-corrected chi connectivity index (χ1v) is 11.7. The van der Waals surface area contributed by atoms with Gasteiger partial charge in [-0.2, -0.15) is 0 Å². The molecule has 0 bridgehead atoms. The van der Waals surface area contributed by atoms with Crippen molar-refractivity contribution in [3.8, 4) is 5.75 Å². The van der Waals surface area contributed by atoms with Crippen molar-refractivity contribution in [2.24, 2.45) is 0 Å². The molecule has 0 aromatic heterocycles. The zero-order valence-corrected chi connectivity index (χ0v) is 21.2. The Bertz CT molecular complexity index is 1400. The molecule has 1 saturated heterocycles. The van der Waals surface area contributed by atoms with Crippen molar-refractivity contribution in [1.29, 1.82) is 0 Å². The molecule has 3 aromatic carbocycles. The van der Waals surface area contributed by atoms with Gasteiger partial charge in [-0.25, -0.2) is 0 Å². The van der Waals surface area contributed by atoms with E-state index in [-0.39, 0.29) is 23.3 Å². The number of hydrogen-bond acceptors (Lipinski definition) is 6. The highest BCUT2D eigenvalue weighted by molar-refractivity contribution is 6.51. The van der Waals surface area contributed by atoms with E-state index in [4.69, 9.17) is 21.4 Å². The first-order chi connectivity index (χ1) is 17.6. The van der Waals surface area contributed by atoms with Gasteiger partial charge in [0.05, 0.1) is 30.7 Å². The Labute approximate surface area is 219 Å². The van der Waals surface area contributed by atoms with Crippen LogP contribution in [0.15, 0.2) is 72.3 Å². The molecule has 1 atom stereocenters. The number of hydrogen-bond donors (Lipinski definition) is 2. The monoisotopic (exact) mass is 520 g/mol. The van der Waals surface area contributed by atoms with Crippen LogP contribution in [0, 0.1) is 0 Å². The molecule has 8 nitrogen and oxygen atoms in total. The summed E-state index contributed by atoms with van der Waals surface area (Å²) in [5.74, 6) is -2.80. The summed E-state index contributed by atoms with van der Waals surface area (Å²) in [7, 11) is 5.21. The van der Waals surface area contributed by atoms with Gasteiger partial charge in [-0.3, -0.25) is 19.3 Å². The largest absolute Gasteiger partial charge is 0.507 e. The van der Waals surface area contributed by atoms with Crippen molar-refractivity contribution >= 4 is 46.4 Å². The van der Waals surface area contributed by atoms with Crippen molar-refractivity contribution in [2.75, 3.05) is 31.0 Å². The third kappa shape index (κ3) is 5.01. The second-order valence-corrected chi connectivity index (χ2v) is 9.17. The minimum atomic E-state index is -0.982. The van der Waals surface area contributed by atoms with E-state index >= 15 is 0 Å². The number of benzene rings is 3. The summed E-state index contributed by atoms with van der Waals surface area (Å²) in [4.78, 5) is 41.1. The number of nitrogens with zero attached hydrogens (tertiary/aromatic N) is 2. The van der Waals surface area contributed by atoms with Crippen molar-refractivity contribution in [2.45, 2.75) is 12.5 Å². The number of methoxy groups -OCH3 is 1. The summed E-state index contributed by atoms with van der Waals surface area (Å²) in [6.45, 7) is 0. The second-order valence-electron chi connectivity index (χ2n) is 8.74. The molecule has 190 valence electrons. The molecule has 4 rings (SSSR count). The standard InChI is InChI=1S/C28H25ClN2O6/c1-30(2)19-11-6-17(7-12-19)25-24(26(34)21-15-18(29)8-13-22(21)37-3)27(35)28(36)31(25)20-9-4-16(5-10-20)14-23(32)33/h4-13,15,25,34H,14H2,1-3H3,(H,32,33)/b26-24+. The van der Waals surface area contributed by atoms with E-state index in [1.165, 1.54) is 18.1 Å². The molecule has 1 aliphatic heterocycles. The summed E-state index contributed by atoms with van der Waals surface area (Å²) < 4.78 is 5.37. The summed E-state index contributed by atoms with van der Waals surface area (Å²) in [5.41, 5.74) is 2.51. The summed E-state index contributed by atoms with van der Waals surface area (Å²) in [5, 5.41) is 20.8. The first kappa shape index (κ1) is 25.8. The van der Waals surface area contributed by atoms with Gasteiger partial charge in [-0.1, -0.05) is 35.9 Å². The van der Waals surface area contributed by atoms with Crippen LogP contribution in [0.1, 0.15) is 22.7 Å². The number of anilines is 2. The van der Waals surface area contributed by atoms with Gasteiger partial charge in [0.1, 0.15) is 11.5 Å². The van der Waals surface area contributed by atoms with E-state index in [1.54, 1.807) is 48.5 Å². The summed E-state index contributed by atoms with van der Waals surface area (Å²) in [6, 6.07) is 17.3. The fourth-order valence-corrected chi connectivity index (χ4v) is 4.50. The normalized spacial score (nSPS) is 16.6. The number of Topliss-reactive ketones (excluding diaryl/α,β-unsaturated/α-hetero) is 1. The van der Waals surface area contributed by atoms with E-state index < -0.39 is 29.5 Å². The Kier molecular flexibility index (Phi) is 7.22. The van der Waals surface area contributed by atoms with Gasteiger partial charge in [-0.05, 0) is 53.6 Å². The zero-order valence-electron chi connectivity index (χ0n) is 20.4. The quantitative estimate of drug-likeness (QED) is 0.265. The van der Waals surface area contributed by atoms with Crippen LogP contribution in [0.5, 0.6) is 5.75 Å². The van der Waals surface area contributed by atoms with E-state index in [0.29, 0.717) is 21.8 Å². The van der Waals surface area contributed by atoms with Gasteiger partial charge in [0, 0.05) is 30.5 Å². The summed E-state index contributed by atoms with van der Waals surface area (Å²) in [6.07, 6.45) is -0.177. The number of rotatable bonds is 7. The van der Waals surface area contributed by atoms with E-state index in [9.17, 15) is 19.5 Å². The number of halogens is 1. The van der Waals surface area contributed by atoms with Gasteiger partial charge in [-0.15, -0.1) is 0 Å². The third-order valence-electron chi connectivity index (χ3n) is 6.16. The first-order valence-electron chi connectivity index (χ1n) is 11.3. The van der Waals surface area contributed by atoms with Gasteiger partial charge < -0.3 is 19.8 Å². The Morgan fingerprint density at radius 2 is 1.65 bits per heavy atom. The lowest BCUT2D eigenvalue weighted by Crippen LogP contribution is -2.29. The number of carbonyl (C=O) groups excluding carboxylic acids is 2. The minimum absolute atomic E-state index is 0.113. The topological polar surface area (TPSA) is 107 Å². The minimum Gasteiger partial charge on any atom is -0.507 e. The number of aliphatic hydroxyl groups excluding tert-OH is 1. The number of ketones is 1. The zero-order chi connectivity index (χ0) is 26.9. The number of ether oxygens (including phenoxy) is 1. The molecule has 0 aliphatic carbocycles.